The van der Waals surface area contributed by atoms with Gasteiger partial charge >= 0.3 is 0 Å². The van der Waals surface area contributed by atoms with Crippen molar-refractivity contribution in [2.24, 2.45) is 13.0 Å². The lowest BCUT2D eigenvalue weighted by atomic mass is 9.98. The van der Waals surface area contributed by atoms with Crippen LogP contribution in [0.2, 0.25) is 0 Å². The molecule has 0 spiro atoms. The van der Waals surface area contributed by atoms with Crippen LogP contribution in [0.4, 0.5) is 0 Å². The van der Waals surface area contributed by atoms with Gasteiger partial charge in [0.05, 0.1) is 25.2 Å². The Labute approximate surface area is 154 Å². The third-order valence-corrected chi connectivity index (χ3v) is 5.96. The molecule has 3 rings (SSSR count). The minimum atomic E-state index is -3.24. The molecular weight excluding hydrogens is 354 g/mol. The average Bonchev–Trinajstić information content (AvgIpc) is 3.07. The van der Waals surface area contributed by atoms with E-state index in [1.54, 1.807) is 11.6 Å². The van der Waals surface area contributed by atoms with Crippen LogP contribution >= 0.6 is 0 Å². The number of ether oxygens (including phenoxy) is 2. The monoisotopic (exact) mass is 379 g/mol. The minimum absolute atomic E-state index is 0.0110. The number of benzene rings is 1. The fourth-order valence-electron chi connectivity index (χ4n) is 2.95. The van der Waals surface area contributed by atoms with E-state index in [1.165, 1.54) is 0 Å². The number of aromatic nitrogens is 2. The molecular formula is C18H25N3O4S. The summed E-state index contributed by atoms with van der Waals surface area (Å²) in [6.45, 7) is 3.10. The topological polar surface area (TPSA) is 82.5 Å². The van der Waals surface area contributed by atoms with Crippen molar-refractivity contribution < 1.29 is 17.9 Å². The van der Waals surface area contributed by atoms with E-state index in [4.69, 9.17) is 9.47 Å². The Morgan fingerprint density at radius 1 is 1.31 bits per heavy atom. The highest BCUT2D eigenvalue weighted by molar-refractivity contribution is 7.89. The molecule has 0 bridgehead atoms. The van der Waals surface area contributed by atoms with E-state index >= 15 is 0 Å². The molecule has 1 N–H and O–H groups in total. The van der Waals surface area contributed by atoms with Crippen molar-refractivity contribution in [1.29, 1.82) is 0 Å². The molecule has 2 aromatic rings. The van der Waals surface area contributed by atoms with Gasteiger partial charge in [0.15, 0.2) is 0 Å². The summed E-state index contributed by atoms with van der Waals surface area (Å²) < 4.78 is 39.6. The summed E-state index contributed by atoms with van der Waals surface area (Å²) in [5, 5.41) is 4.17. The molecule has 1 aromatic heterocycles. The van der Waals surface area contributed by atoms with E-state index in [-0.39, 0.29) is 17.7 Å². The zero-order valence-corrected chi connectivity index (χ0v) is 15.9. The second-order valence-corrected chi connectivity index (χ2v) is 8.53. The normalized spacial score (nSPS) is 20.8. The van der Waals surface area contributed by atoms with Gasteiger partial charge in [-0.25, -0.2) is 13.1 Å². The van der Waals surface area contributed by atoms with Gasteiger partial charge in [-0.3, -0.25) is 4.68 Å². The summed E-state index contributed by atoms with van der Waals surface area (Å²) >= 11 is 0. The molecule has 7 nitrogen and oxygen atoms in total. The summed E-state index contributed by atoms with van der Waals surface area (Å²) in [5.41, 5.74) is 2.12. The van der Waals surface area contributed by atoms with E-state index in [1.807, 2.05) is 43.7 Å². The number of rotatable bonds is 7. The van der Waals surface area contributed by atoms with Crippen molar-refractivity contribution >= 4 is 10.0 Å². The van der Waals surface area contributed by atoms with E-state index in [2.05, 4.69) is 9.82 Å². The number of hydrogen-bond donors (Lipinski definition) is 1. The molecule has 2 heterocycles. The molecule has 8 heteroatoms. The first-order valence-electron chi connectivity index (χ1n) is 8.76. The quantitative estimate of drug-likeness (QED) is 0.793. The van der Waals surface area contributed by atoms with Crippen molar-refractivity contribution in [3.05, 3.63) is 36.7 Å². The maximum atomic E-state index is 11.9. The van der Waals surface area contributed by atoms with Gasteiger partial charge in [0, 0.05) is 37.4 Å². The summed E-state index contributed by atoms with van der Waals surface area (Å²) in [7, 11) is -1.35. The Kier molecular flexibility index (Phi) is 5.95. The van der Waals surface area contributed by atoms with Crippen molar-refractivity contribution in [1.82, 2.24) is 14.5 Å². The first-order valence-corrected chi connectivity index (χ1v) is 10.4. The van der Waals surface area contributed by atoms with Crippen molar-refractivity contribution in [2.75, 3.05) is 25.6 Å². The van der Waals surface area contributed by atoms with Crippen LogP contribution in [0.15, 0.2) is 36.7 Å². The molecule has 26 heavy (non-hydrogen) atoms. The predicted octanol–water partition coefficient (Wildman–Crippen LogP) is 1.81. The Balaban J connectivity index is 1.60. The van der Waals surface area contributed by atoms with Crippen LogP contribution in [0.3, 0.4) is 0 Å². The maximum Gasteiger partial charge on any atom is 0.211 e. The van der Waals surface area contributed by atoms with Gasteiger partial charge in [-0.1, -0.05) is 12.1 Å². The molecule has 1 aliphatic rings. The molecule has 1 saturated heterocycles. The second-order valence-electron chi connectivity index (χ2n) is 6.49. The summed E-state index contributed by atoms with van der Waals surface area (Å²) in [6.07, 6.45) is 4.44. The Bertz CT molecular complexity index is 817. The zero-order chi connectivity index (χ0) is 18.6. The lowest BCUT2D eigenvalue weighted by Crippen LogP contribution is -2.47. The van der Waals surface area contributed by atoms with Gasteiger partial charge in [-0.15, -0.1) is 0 Å². The lowest BCUT2D eigenvalue weighted by molar-refractivity contribution is 0.0186. The molecule has 142 valence electrons. The minimum Gasteiger partial charge on any atom is -0.493 e. The first kappa shape index (κ1) is 18.9. The number of nitrogens with zero attached hydrogens (tertiary/aromatic N) is 2. The predicted molar refractivity (Wildman–Crippen MR) is 99.4 cm³/mol. The molecule has 0 unspecified atom stereocenters. The molecule has 1 aliphatic heterocycles. The summed E-state index contributed by atoms with van der Waals surface area (Å²) in [6, 6.07) is 7.65. The highest BCUT2D eigenvalue weighted by atomic mass is 32.2. The molecule has 0 amide bonds. The van der Waals surface area contributed by atoms with Gasteiger partial charge < -0.3 is 9.47 Å². The highest BCUT2D eigenvalue weighted by Gasteiger charge is 2.29. The van der Waals surface area contributed by atoms with Crippen LogP contribution in [0.5, 0.6) is 5.75 Å². The molecule has 2 atom stereocenters. The van der Waals surface area contributed by atoms with Gasteiger partial charge in [-0.05, 0) is 31.0 Å². The molecule has 0 radical (unpaired) electrons. The third-order valence-electron chi connectivity index (χ3n) is 4.54. The summed E-state index contributed by atoms with van der Waals surface area (Å²) in [5.74, 6) is 0.816. The van der Waals surface area contributed by atoms with Crippen LogP contribution in [0, 0.1) is 5.92 Å². The van der Waals surface area contributed by atoms with Crippen LogP contribution in [0.1, 0.15) is 13.3 Å². The van der Waals surface area contributed by atoms with Gasteiger partial charge in [0.2, 0.25) is 10.0 Å². The smallest absolute Gasteiger partial charge is 0.211 e. The van der Waals surface area contributed by atoms with E-state index in [9.17, 15) is 8.42 Å². The average molecular weight is 379 g/mol. The van der Waals surface area contributed by atoms with Crippen molar-refractivity contribution in [3.8, 4) is 16.9 Å². The van der Waals surface area contributed by atoms with E-state index < -0.39 is 10.0 Å². The van der Waals surface area contributed by atoms with Crippen LogP contribution < -0.4 is 9.46 Å². The van der Waals surface area contributed by atoms with Crippen LogP contribution in [-0.4, -0.2) is 49.8 Å². The largest absolute Gasteiger partial charge is 0.493 e. The van der Waals surface area contributed by atoms with Gasteiger partial charge in [0.25, 0.3) is 0 Å². The SMILES string of the molecule is CCS(=O)(=O)N[C@H]1CCOC[C@@H]1COc1ccc(-c2cnn(C)c2)cc1. The number of nitrogens with one attached hydrogen (secondary N) is 1. The molecule has 0 saturated carbocycles. The molecule has 0 aliphatic carbocycles. The molecule has 1 aromatic carbocycles. The summed E-state index contributed by atoms with van der Waals surface area (Å²) in [4.78, 5) is 0. The second kappa shape index (κ2) is 8.20. The Morgan fingerprint density at radius 2 is 2.08 bits per heavy atom. The lowest BCUT2D eigenvalue weighted by Gasteiger charge is -2.31. The van der Waals surface area contributed by atoms with Gasteiger partial charge in [-0.2, -0.15) is 5.10 Å². The van der Waals surface area contributed by atoms with E-state index in [0.717, 1.165) is 16.9 Å². The maximum absolute atomic E-state index is 11.9. The zero-order valence-electron chi connectivity index (χ0n) is 15.1. The third kappa shape index (κ3) is 4.84. The van der Waals surface area contributed by atoms with E-state index in [0.29, 0.717) is 26.2 Å². The first-order chi connectivity index (χ1) is 12.5. The van der Waals surface area contributed by atoms with Crippen LogP contribution in [-0.2, 0) is 21.8 Å². The standard InChI is InChI=1S/C18H25N3O4S/c1-3-26(22,23)20-18-8-9-24-12-16(18)13-25-17-6-4-14(5-7-17)15-10-19-21(2)11-15/h4-7,10-11,16,18,20H,3,8-9,12-13H2,1-2H3/t16-,18+/m1/s1. The van der Waals surface area contributed by atoms with Crippen molar-refractivity contribution in [3.63, 3.8) is 0 Å². The fourth-order valence-corrected chi connectivity index (χ4v) is 3.89. The highest BCUT2D eigenvalue weighted by Crippen LogP contribution is 2.23. The molecule has 1 fully saturated rings. The Morgan fingerprint density at radius 3 is 2.73 bits per heavy atom. The van der Waals surface area contributed by atoms with Gasteiger partial charge in [0.1, 0.15) is 5.75 Å². The Hall–Kier alpha value is -1.90. The van der Waals surface area contributed by atoms with Crippen molar-refractivity contribution in [2.45, 2.75) is 19.4 Å². The number of sulfonamides is 1. The fraction of sp³-hybridized carbons (Fsp3) is 0.500. The number of hydrogen-bond acceptors (Lipinski definition) is 5. The van der Waals surface area contributed by atoms with Crippen LogP contribution in [0.25, 0.3) is 11.1 Å². The number of aryl methyl sites for hydroxylation is 1.